The molecule has 4 heterocycles. The van der Waals surface area contributed by atoms with Gasteiger partial charge in [-0.25, -0.2) is 14.8 Å². The molecule has 0 aliphatic carbocycles. The van der Waals surface area contributed by atoms with Crippen LogP contribution in [0.5, 0.6) is 0 Å². The van der Waals surface area contributed by atoms with Crippen LogP contribution in [0.3, 0.4) is 0 Å². The van der Waals surface area contributed by atoms with Gasteiger partial charge in [0, 0.05) is 36.8 Å². The molecule has 0 fully saturated rings. The normalized spacial score (nSPS) is 11.8. The summed E-state index contributed by atoms with van der Waals surface area (Å²) in [6.07, 6.45) is 4.51. The molecule has 5 rings (SSSR count). The molecule has 0 aliphatic heterocycles. The first-order valence-electron chi connectivity index (χ1n) is 10.6. The number of thiazole rings is 1. The molecule has 0 bridgehead atoms. The van der Waals surface area contributed by atoms with Gasteiger partial charge in [-0.2, -0.15) is 0 Å². The summed E-state index contributed by atoms with van der Waals surface area (Å²) < 4.78 is 5.45. The van der Waals surface area contributed by atoms with Crippen molar-refractivity contribution in [3.05, 3.63) is 84.5 Å². The molecule has 0 radical (unpaired) electrons. The summed E-state index contributed by atoms with van der Waals surface area (Å²) in [5.41, 5.74) is 4.25. The smallest absolute Gasteiger partial charge is 0.317 e. The zero-order valence-electron chi connectivity index (χ0n) is 18.5. The Morgan fingerprint density at radius 3 is 2.44 bits per heavy atom. The first-order valence-corrected chi connectivity index (χ1v) is 11.4. The minimum absolute atomic E-state index is 0.414. The number of fused-ring (bicyclic) bond motifs is 2. The van der Waals surface area contributed by atoms with E-state index in [1.165, 1.54) is 9.44 Å². The summed E-state index contributed by atoms with van der Waals surface area (Å²) in [6, 6.07) is 6.35. The van der Waals surface area contributed by atoms with Gasteiger partial charge in [0.05, 0.1) is 5.69 Å². The highest BCUT2D eigenvalue weighted by atomic mass is 32.1. The van der Waals surface area contributed by atoms with Crippen LogP contribution in [-0.4, -0.2) is 28.5 Å². The lowest BCUT2D eigenvalue weighted by Gasteiger charge is -2.10. The lowest BCUT2D eigenvalue weighted by Crippen LogP contribution is -2.30. The SMILES string of the molecule is CCn1c(=O)[nH]c(=O)c2c1nc(Cc1cn3cc(C)sc3n1)n2Cc1cc(C)cc(C)c1. The molecule has 0 spiro atoms. The van der Waals surface area contributed by atoms with Crippen LogP contribution in [-0.2, 0) is 19.5 Å². The van der Waals surface area contributed by atoms with Crippen LogP contribution in [0, 0.1) is 20.8 Å². The van der Waals surface area contributed by atoms with E-state index in [4.69, 9.17) is 9.97 Å². The lowest BCUT2D eigenvalue weighted by molar-refractivity contribution is 0.717. The molecular weight excluding hydrogens is 424 g/mol. The Balaban J connectivity index is 1.69. The first kappa shape index (κ1) is 20.4. The second-order valence-electron chi connectivity index (χ2n) is 8.23. The highest BCUT2D eigenvalue weighted by molar-refractivity contribution is 7.16. The standard InChI is InChI=1S/C23H24N6O2S/c1-5-28-20-19(21(30)26-22(28)31)29(11-16-7-13(2)6-14(3)8-16)18(25-20)9-17-12-27-10-15(4)32-23(27)24-17/h6-8,10,12H,5,9,11H2,1-4H3,(H,26,30,31). The Morgan fingerprint density at radius 1 is 1.00 bits per heavy atom. The van der Waals surface area contributed by atoms with Crippen LogP contribution in [0.1, 0.15) is 40.0 Å². The molecule has 0 amide bonds. The quantitative estimate of drug-likeness (QED) is 0.447. The van der Waals surface area contributed by atoms with Gasteiger partial charge in [-0.1, -0.05) is 29.3 Å². The second kappa shape index (κ2) is 7.59. The maximum absolute atomic E-state index is 12.9. The Kier molecular flexibility index (Phi) is 4.85. The number of benzene rings is 1. The van der Waals surface area contributed by atoms with Crippen molar-refractivity contribution in [2.45, 2.75) is 47.2 Å². The van der Waals surface area contributed by atoms with Crippen molar-refractivity contribution < 1.29 is 0 Å². The van der Waals surface area contributed by atoms with Gasteiger partial charge in [-0.3, -0.25) is 18.7 Å². The number of aromatic amines is 1. The molecule has 5 aromatic rings. The van der Waals surface area contributed by atoms with E-state index >= 15 is 0 Å². The summed E-state index contributed by atoms with van der Waals surface area (Å²) in [4.78, 5) is 39.3. The number of imidazole rings is 2. The maximum atomic E-state index is 12.9. The molecule has 0 aliphatic rings. The average molecular weight is 449 g/mol. The van der Waals surface area contributed by atoms with Gasteiger partial charge < -0.3 is 4.57 Å². The Bertz CT molecular complexity index is 1550. The van der Waals surface area contributed by atoms with Crippen molar-refractivity contribution in [2.24, 2.45) is 0 Å². The third-order valence-electron chi connectivity index (χ3n) is 5.56. The van der Waals surface area contributed by atoms with E-state index in [9.17, 15) is 9.59 Å². The number of rotatable bonds is 5. The first-order chi connectivity index (χ1) is 15.3. The fraction of sp³-hybridized carbons (Fsp3) is 0.304. The summed E-state index contributed by atoms with van der Waals surface area (Å²) >= 11 is 1.63. The minimum Gasteiger partial charge on any atom is -0.317 e. The molecule has 4 aromatic heterocycles. The lowest BCUT2D eigenvalue weighted by atomic mass is 10.1. The number of aromatic nitrogens is 6. The molecule has 0 atom stereocenters. The van der Waals surface area contributed by atoms with E-state index in [-0.39, 0.29) is 0 Å². The fourth-order valence-corrected chi connectivity index (χ4v) is 5.19. The van der Waals surface area contributed by atoms with Gasteiger partial charge in [0.1, 0.15) is 5.82 Å². The number of aryl methyl sites for hydroxylation is 4. The molecule has 1 aromatic carbocycles. The second-order valence-corrected chi connectivity index (χ2v) is 9.44. The average Bonchev–Trinajstić information content (AvgIpc) is 3.33. The number of hydrogen-bond donors (Lipinski definition) is 1. The highest BCUT2D eigenvalue weighted by Gasteiger charge is 2.20. The number of H-pyrrole nitrogens is 1. The van der Waals surface area contributed by atoms with Gasteiger partial charge in [-0.05, 0) is 33.3 Å². The zero-order chi connectivity index (χ0) is 22.6. The molecule has 164 valence electrons. The molecule has 0 saturated heterocycles. The van der Waals surface area contributed by atoms with E-state index in [2.05, 4.69) is 50.2 Å². The van der Waals surface area contributed by atoms with Crippen LogP contribution >= 0.6 is 11.3 Å². The van der Waals surface area contributed by atoms with E-state index in [0.717, 1.165) is 27.3 Å². The Morgan fingerprint density at radius 2 is 1.75 bits per heavy atom. The fourth-order valence-electron chi connectivity index (χ4n) is 4.37. The van der Waals surface area contributed by atoms with Gasteiger partial charge in [-0.15, -0.1) is 11.3 Å². The minimum atomic E-state index is -0.439. The van der Waals surface area contributed by atoms with Crippen molar-refractivity contribution in [3.63, 3.8) is 0 Å². The van der Waals surface area contributed by atoms with Gasteiger partial charge >= 0.3 is 5.69 Å². The van der Waals surface area contributed by atoms with Crippen LogP contribution in [0.4, 0.5) is 0 Å². The maximum Gasteiger partial charge on any atom is 0.330 e. The molecule has 0 unspecified atom stereocenters. The zero-order valence-corrected chi connectivity index (χ0v) is 19.3. The van der Waals surface area contributed by atoms with E-state index in [1.807, 2.05) is 22.1 Å². The number of nitrogens with zero attached hydrogens (tertiary/aromatic N) is 5. The largest absolute Gasteiger partial charge is 0.330 e. The van der Waals surface area contributed by atoms with Crippen molar-refractivity contribution in [2.75, 3.05) is 0 Å². The predicted molar refractivity (Wildman–Crippen MR) is 126 cm³/mol. The van der Waals surface area contributed by atoms with Gasteiger partial charge in [0.15, 0.2) is 16.1 Å². The van der Waals surface area contributed by atoms with Crippen molar-refractivity contribution >= 4 is 27.5 Å². The summed E-state index contributed by atoms with van der Waals surface area (Å²) in [6.45, 7) is 8.95. The molecule has 0 saturated carbocycles. The van der Waals surface area contributed by atoms with Gasteiger partial charge in [0.25, 0.3) is 5.56 Å². The number of hydrogen-bond acceptors (Lipinski definition) is 5. The molecular formula is C23H24N6O2S. The molecule has 9 heteroatoms. The van der Waals surface area contributed by atoms with Crippen LogP contribution in [0.15, 0.2) is 40.2 Å². The van der Waals surface area contributed by atoms with Gasteiger partial charge in [0.2, 0.25) is 0 Å². The Hall–Kier alpha value is -3.46. The summed E-state index contributed by atoms with van der Waals surface area (Å²) in [5, 5.41) is 0. The Labute approximate surface area is 187 Å². The third-order valence-corrected chi connectivity index (χ3v) is 6.48. The molecule has 8 nitrogen and oxygen atoms in total. The van der Waals surface area contributed by atoms with E-state index in [1.54, 1.807) is 11.3 Å². The molecule has 1 N–H and O–H groups in total. The predicted octanol–water partition coefficient (Wildman–Crippen LogP) is 3.18. The van der Waals surface area contributed by atoms with E-state index in [0.29, 0.717) is 36.5 Å². The van der Waals surface area contributed by atoms with E-state index < -0.39 is 11.2 Å². The van der Waals surface area contributed by atoms with Crippen molar-refractivity contribution in [1.29, 1.82) is 0 Å². The summed E-state index contributed by atoms with van der Waals surface area (Å²) in [7, 11) is 0. The highest BCUT2D eigenvalue weighted by Crippen LogP contribution is 2.21. The number of nitrogens with one attached hydrogen (secondary N) is 1. The summed E-state index contributed by atoms with van der Waals surface area (Å²) in [5.74, 6) is 0.708. The van der Waals surface area contributed by atoms with Crippen LogP contribution in [0.2, 0.25) is 0 Å². The van der Waals surface area contributed by atoms with Crippen molar-refractivity contribution in [1.82, 2.24) is 28.5 Å². The monoisotopic (exact) mass is 448 g/mol. The van der Waals surface area contributed by atoms with Crippen LogP contribution in [0.25, 0.3) is 16.1 Å². The third kappa shape index (κ3) is 3.48. The van der Waals surface area contributed by atoms with Crippen LogP contribution < -0.4 is 11.2 Å². The molecule has 32 heavy (non-hydrogen) atoms. The van der Waals surface area contributed by atoms with Crippen molar-refractivity contribution in [3.8, 4) is 0 Å². The topological polar surface area (TPSA) is 90.0 Å².